The van der Waals surface area contributed by atoms with Crippen LogP contribution in [0, 0.1) is 0 Å². The number of hydrogen-bond donors (Lipinski definition) is 2. The molecule has 0 unspecified atom stereocenters. The molecule has 0 aromatic carbocycles. The van der Waals surface area contributed by atoms with E-state index >= 15 is 0 Å². The molecule has 0 fully saturated rings. The quantitative estimate of drug-likeness (QED) is 0.748. The van der Waals surface area contributed by atoms with Gasteiger partial charge in [-0.25, -0.2) is 14.8 Å². The number of fused-ring (bicyclic) bond motifs is 1. The smallest absolute Gasteiger partial charge is 0.338 e. The summed E-state index contributed by atoms with van der Waals surface area (Å²) < 4.78 is 0. The second kappa shape index (κ2) is 4.33. The average molecular weight is 275 g/mol. The zero-order valence-corrected chi connectivity index (χ0v) is 10.2. The van der Waals surface area contributed by atoms with Gasteiger partial charge in [0.1, 0.15) is 5.82 Å². The normalized spacial score (nSPS) is 10.8. The van der Waals surface area contributed by atoms with E-state index in [1.165, 1.54) is 18.5 Å². The number of aromatic carboxylic acids is 1. The molecule has 0 spiro atoms. The van der Waals surface area contributed by atoms with Gasteiger partial charge in [0, 0.05) is 24.2 Å². The molecule has 3 heterocycles. The molecule has 19 heavy (non-hydrogen) atoms. The number of aromatic amines is 1. The fourth-order valence-corrected chi connectivity index (χ4v) is 1.99. The number of hydrogen-bond acceptors (Lipinski definition) is 4. The second-order valence-electron chi connectivity index (χ2n) is 3.80. The maximum Gasteiger partial charge on any atom is 0.338 e. The van der Waals surface area contributed by atoms with Gasteiger partial charge in [0.25, 0.3) is 0 Å². The van der Waals surface area contributed by atoms with Gasteiger partial charge >= 0.3 is 5.97 Å². The number of carboxylic acid groups (broad SMARTS) is 1. The highest BCUT2D eigenvalue weighted by Gasteiger charge is 2.15. The molecular weight excluding hydrogens is 268 g/mol. The number of carbonyl (C=O) groups is 1. The fourth-order valence-electron chi connectivity index (χ4n) is 1.78. The fraction of sp³-hybridized carbons (Fsp3) is 0. The lowest BCUT2D eigenvalue weighted by atomic mass is 10.2. The number of H-pyrrole nitrogens is 1. The first-order chi connectivity index (χ1) is 9.16. The molecule has 3 aromatic heterocycles. The lowest BCUT2D eigenvalue weighted by molar-refractivity contribution is 0.0699. The lowest BCUT2D eigenvalue weighted by Gasteiger charge is -1.98. The molecule has 0 aliphatic rings. The SMILES string of the molecule is O=C(O)c1ccnc2nc(-c3ccncc3Cl)[nH]c12. The summed E-state index contributed by atoms with van der Waals surface area (Å²) in [6.07, 6.45) is 4.49. The number of halogens is 1. The molecule has 0 atom stereocenters. The summed E-state index contributed by atoms with van der Waals surface area (Å²) in [5.41, 5.74) is 1.47. The van der Waals surface area contributed by atoms with Gasteiger partial charge in [-0.3, -0.25) is 4.98 Å². The van der Waals surface area contributed by atoms with Crippen molar-refractivity contribution in [1.82, 2.24) is 19.9 Å². The van der Waals surface area contributed by atoms with E-state index in [1.54, 1.807) is 12.3 Å². The maximum absolute atomic E-state index is 11.1. The van der Waals surface area contributed by atoms with Crippen molar-refractivity contribution in [1.29, 1.82) is 0 Å². The van der Waals surface area contributed by atoms with Crippen molar-refractivity contribution >= 4 is 28.7 Å². The number of nitrogens with zero attached hydrogens (tertiary/aromatic N) is 3. The molecular formula is C12H7ClN4O2. The Morgan fingerprint density at radius 3 is 2.89 bits per heavy atom. The van der Waals surface area contributed by atoms with Crippen LogP contribution >= 0.6 is 11.6 Å². The van der Waals surface area contributed by atoms with Crippen molar-refractivity contribution < 1.29 is 9.90 Å². The third kappa shape index (κ3) is 1.92. The molecule has 3 rings (SSSR count). The topological polar surface area (TPSA) is 91.8 Å². The highest BCUT2D eigenvalue weighted by atomic mass is 35.5. The van der Waals surface area contributed by atoms with Crippen molar-refractivity contribution in [2.75, 3.05) is 0 Å². The zero-order valence-electron chi connectivity index (χ0n) is 9.46. The monoisotopic (exact) mass is 274 g/mol. The van der Waals surface area contributed by atoms with Gasteiger partial charge in [-0.1, -0.05) is 11.6 Å². The van der Waals surface area contributed by atoms with Crippen LogP contribution in [-0.4, -0.2) is 31.0 Å². The zero-order chi connectivity index (χ0) is 13.4. The van der Waals surface area contributed by atoms with Gasteiger partial charge in [-0.05, 0) is 12.1 Å². The van der Waals surface area contributed by atoms with E-state index in [0.717, 1.165) is 0 Å². The second-order valence-corrected chi connectivity index (χ2v) is 4.21. The summed E-state index contributed by atoms with van der Waals surface area (Å²) in [5.74, 6) is -0.577. The Morgan fingerprint density at radius 1 is 1.32 bits per heavy atom. The van der Waals surface area contributed by atoms with Crippen LogP contribution in [0.5, 0.6) is 0 Å². The Balaban J connectivity index is 2.26. The average Bonchev–Trinajstić information content (AvgIpc) is 2.82. The molecule has 6 nitrogen and oxygen atoms in total. The van der Waals surface area contributed by atoms with Gasteiger partial charge in [-0.15, -0.1) is 0 Å². The number of nitrogens with one attached hydrogen (secondary N) is 1. The van der Waals surface area contributed by atoms with Crippen LogP contribution in [0.1, 0.15) is 10.4 Å². The van der Waals surface area contributed by atoms with Crippen LogP contribution in [0.15, 0.2) is 30.7 Å². The van der Waals surface area contributed by atoms with Gasteiger partial charge in [-0.2, -0.15) is 0 Å². The van der Waals surface area contributed by atoms with Crippen LogP contribution in [0.4, 0.5) is 0 Å². The first-order valence-corrected chi connectivity index (χ1v) is 5.72. The minimum Gasteiger partial charge on any atom is -0.478 e. The van der Waals surface area contributed by atoms with E-state index in [-0.39, 0.29) is 5.56 Å². The third-order valence-electron chi connectivity index (χ3n) is 2.65. The van der Waals surface area contributed by atoms with Gasteiger partial charge in [0.15, 0.2) is 5.65 Å². The molecule has 0 aliphatic heterocycles. The van der Waals surface area contributed by atoms with Gasteiger partial charge in [0.05, 0.1) is 16.1 Å². The van der Waals surface area contributed by atoms with Crippen LogP contribution in [-0.2, 0) is 0 Å². The van der Waals surface area contributed by atoms with Gasteiger partial charge < -0.3 is 10.1 Å². The molecule has 0 saturated carbocycles. The molecule has 3 aromatic rings. The minimum absolute atomic E-state index is 0.119. The summed E-state index contributed by atoms with van der Waals surface area (Å²) in [6, 6.07) is 3.11. The summed E-state index contributed by atoms with van der Waals surface area (Å²) >= 11 is 6.03. The predicted octanol–water partition coefficient (Wildman–Crippen LogP) is 2.37. The van der Waals surface area contributed by atoms with Crippen LogP contribution in [0.3, 0.4) is 0 Å². The molecule has 94 valence electrons. The van der Waals surface area contributed by atoms with Crippen LogP contribution < -0.4 is 0 Å². The first-order valence-electron chi connectivity index (χ1n) is 5.34. The molecule has 7 heteroatoms. The largest absolute Gasteiger partial charge is 0.478 e. The van der Waals surface area contributed by atoms with Crippen molar-refractivity contribution in [3.05, 3.63) is 41.3 Å². The highest BCUT2D eigenvalue weighted by Crippen LogP contribution is 2.26. The van der Waals surface area contributed by atoms with Crippen LogP contribution in [0.2, 0.25) is 5.02 Å². The Bertz CT molecular complexity index is 784. The minimum atomic E-state index is -1.04. The summed E-state index contributed by atoms with van der Waals surface area (Å²) in [6.45, 7) is 0. The molecule has 0 saturated heterocycles. The summed E-state index contributed by atoms with van der Waals surface area (Å²) in [5, 5.41) is 9.53. The molecule has 0 aliphatic carbocycles. The van der Waals surface area contributed by atoms with Crippen molar-refractivity contribution in [2.24, 2.45) is 0 Å². The van der Waals surface area contributed by atoms with Crippen LogP contribution in [0.25, 0.3) is 22.6 Å². The summed E-state index contributed by atoms with van der Waals surface area (Å²) in [4.78, 5) is 26.2. The Kier molecular flexibility index (Phi) is 2.64. The standard InChI is InChI=1S/C12H7ClN4O2/c13-8-5-14-3-1-6(8)10-16-9-7(12(18)19)2-4-15-11(9)17-10/h1-5H,(H,18,19)(H,15,16,17). The van der Waals surface area contributed by atoms with Crippen molar-refractivity contribution in [3.8, 4) is 11.4 Å². The molecule has 0 bridgehead atoms. The molecule has 2 N–H and O–H groups in total. The van der Waals surface area contributed by atoms with E-state index in [4.69, 9.17) is 16.7 Å². The Labute approximate surface area is 112 Å². The maximum atomic E-state index is 11.1. The van der Waals surface area contributed by atoms with E-state index < -0.39 is 5.97 Å². The molecule has 0 radical (unpaired) electrons. The van der Waals surface area contributed by atoms with E-state index in [9.17, 15) is 4.79 Å². The van der Waals surface area contributed by atoms with E-state index in [2.05, 4.69) is 19.9 Å². The van der Waals surface area contributed by atoms with Gasteiger partial charge in [0.2, 0.25) is 0 Å². The molecule has 0 amide bonds. The first kappa shape index (κ1) is 11.6. The Hall–Kier alpha value is -2.47. The number of carboxylic acids is 1. The Morgan fingerprint density at radius 2 is 2.16 bits per heavy atom. The van der Waals surface area contributed by atoms with E-state index in [0.29, 0.717) is 27.6 Å². The van der Waals surface area contributed by atoms with E-state index in [1.807, 2.05) is 0 Å². The summed E-state index contributed by atoms with van der Waals surface area (Å²) in [7, 11) is 0. The number of rotatable bonds is 2. The third-order valence-corrected chi connectivity index (χ3v) is 2.95. The van der Waals surface area contributed by atoms with Crippen molar-refractivity contribution in [2.45, 2.75) is 0 Å². The number of pyridine rings is 2. The van der Waals surface area contributed by atoms with Crippen molar-refractivity contribution in [3.63, 3.8) is 0 Å². The highest BCUT2D eigenvalue weighted by molar-refractivity contribution is 6.33. The number of aromatic nitrogens is 4. The predicted molar refractivity (Wildman–Crippen MR) is 69.1 cm³/mol. The lowest BCUT2D eigenvalue weighted by Crippen LogP contribution is -1.97. The number of imidazole rings is 1.